The van der Waals surface area contributed by atoms with Crippen molar-refractivity contribution < 1.29 is 18.3 Å². The zero-order valence-electron chi connectivity index (χ0n) is 24.7. The van der Waals surface area contributed by atoms with E-state index in [0.717, 1.165) is 17.2 Å². The molecule has 5 aromatic rings. The third-order valence-electron chi connectivity index (χ3n) is 8.06. The Morgan fingerprint density at radius 2 is 1.54 bits per heavy atom. The van der Waals surface area contributed by atoms with E-state index in [1.54, 1.807) is 36.5 Å². The maximum absolute atomic E-state index is 14.3. The van der Waals surface area contributed by atoms with Crippen molar-refractivity contribution in [1.82, 2.24) is 15.0 Å². The first-order valence-corrected chi connectivity index (χ1v) is 15.7. The summed E-state index contributed by atoms with van der Waals surface area (Å²) in [6.07, 6.45) is -2.98. The first-order valence-electron chi connectivity index (χ1n) is 14.6. The van der Waals surface area contributed by atoms with Gasteiger partial charge >= 0.3 is 6.18 Å². The number of benzene rings is 3. The second-order valence-electron chi connectivity index (χ2n) is 11.4. The smallest absolute Gasteiger partial charge is 0.392 e. The molecule has 1 fully saturated rings. The Hall–Kier alpha value is -3.70. The second kappa shape index (κ2) is 13.2. The Labute approximate surface area is 279 Å². The lowest BCUT2D eigenvalue weighted by molar-refractivity contribution is -0.137. The topological polar surface area (TPSA) is 71.5 Å². The number of halogens is 6. The van der Waals surface area contributed by atoms with Crippen LogP contribution in [0.5, 0.6) is 0 Å². The number of hydrogen-bond donors (Lipinski definition) is 2. The van der Waals surface area contributed by atoms with Crippen LogP contribution < -0.4 is 14.7 Å². The fraction of sp³-hybridized carbons (Fsp3) is 0.273. The highest BCUT2D eigenvalue weighted by Gasteiger charge is 2.34. The van der Waals surface area contributed by atoms with Crippen molar-refractivity contribution in [3.63, 3.8) is 0 Å². The number of nitrogens with one attached hydrogen (secondary N) is 1. The molecule has 7 nitrogen and oxygen atoms in total. The van der Waals surface area contributed by atoms with E-state index in [1.165, 1.54) is 6.07 Å². The molecule has 1 aliphatic heterocycles. The highest BCUT2D eigenvalue weighted by Crippen LogP contribution is 2.39. The van der Waals surface area contributed by atoms with Crippen molar-refractivity contribution in [3.8, 4) is 0 Å². The lowest BCUT2D eigenvalue weighted by atomic mass is 10.1. The first kappa shape index (κ1) is 32.2. The maximum atomic E-state index is 14.3. The van der Waals surface area contributed by atoms with Gasteiger partial charge in [0.15, 0.2) is 0 Å². The summed E-state index contributed by atoms with van der Waals surface area (Å²) >= 11 is 18.7. The van der Waals surface area contributed by atoms with Crippen LogP contribution in [-0.2, 0) is 25.9 Å². The molecule has 46 heavy (non-hydrogen) atoms. The molecule has 0 aliphatic carbocycles. The maximum Gasteiger partial charge on any atom is 0.416 e. The van der Waals surface area contributed by atoms with Crippen LogP contribution in [0.4, 0.5) is 30.6 Å². The van der Waals surface area contributed by atoms with Gasteiger partial charge in [-0.15, -0.1) is 0 Å². The Morgan fingerprint density at radius 1 is 0.913 bits per heavy atom. The molecule has 1 atom stereocenters. The molecule has 3 heterocycles. The van der Waals surface area contributed by atoms with Crippen LogP contribution in [-0.4, -0.2) is 45.7 Å². The Morgan fingerprint density at radius 3 is 2.09 bits per heavy atom. The number of aromatic amines is 1. The average Bonchev–Trinajstić information content (AvgIpc) is 3.46. The normalized spacial score (nSPS) is 15.5. The summed E-state index contributed by atoms with van der Waals surface area (Å²) in [5, 5.41) is 11.0. The van der Waals surface area contributed by atoms with E-state index in [2.05, 4.69) is 14.9 Å². The third kappa shape index (κ3) is 7.00. The summed E-state index contributed by atoms with van der Waals surface area (Å²) in [6, 6.07) is 18.4. The number of aliphatic hydroxyl groups excluding tert-OH is 1. The van der Waals surface area contributed by atoms with Crippen LogP contribution in [0.25, 0.3) is 11.0 Å². The Bertz CT molecular complexity index is 1780. The minimum absolute atomic E-state index is 0.0746. The summed E-state index contributed by atoms with van der Waals surface area (Å²) in [5.41, 5.74) is 2.68. The highest BCUT2D eigenvalue weighted by atomic mass is 35.5. The number of aromatic nitrogens is 3. The van der Waals surface area contributed by atoms with Crippen LogP contribution in [0.3, 0.4) is 0 Å². The summed E-state index contributed by atoms with van der Waals surface area (Å²) in [5.74, 6) is 1.10. The number of hydrogen-bond acceptors (Lipinski definition) is 6. The average molecular weight is 690 g/mol. The summed E-state index contributed by atoms with van der Waals surface area (Å²) in [7, 11) is 0. The molecule has 0 spiro atoms. The SMILES string of the molecule is CC1CN(c2ncc(CO)cc2Cl)CCN1c1nc2c(N(Cc3ccc(Cl)cc3)Cc3ccc(Cl)cc3)cc(C(F)(F)F)cc2[nH]1. The van der Waals surface area contributed by atoms with Crippen molar-refractivity contribution in [1.29, 1.82) is 0 Å². The number of H-pyrrole nitrogens is 1. The molecule has 2 N–H and O–H groups in total. The van der Waals surface area contributed by atoms with Gasteiger partial charge in [-0.1, -0.05) is 59.1 Å². The van der Waals surface area contributed by atoms with Crippen LogP contribution in [0.2, 0.25) is 15.1 Å². The highest BCUT2D eigenvalue weighted by molar-refractivity contribution is 6.33. The summed E-state index contributed by atoms with van der Waals surface area (Å²) < 4.78 is 42.8. The van der Waals surface area contributed by atoms with Crippen LogP contribution >= 0.6 is 34.8 Å². The number of fused-ring (bicyclic) bond motifs is 1. The number of nitrogens with zero attached hydrogens (tertiary/aromatic N) is 5. The summed E-state index contributed by atoms with van der Waals surface area (Å²) in [4.78, 5) is 18.5. The van der Waals surface area contributed by atoms with Gasteiger partial charge < -0.3 is 24.8 Å². The van der Waals surface area contributed by atoms with E-state index in [4.69, 9.17) is 39.8 Å². The molecule has 6 rings (SSSR count). The van der Waals surface area contributed by atoms with Gasteiger partial charge in [0.2, 0.25) is 5.95 Å². The van der Waals surface area contributed by atoms with Crippen LogP contribution in [0.15, 0.2) is 72.9 Å². The van der Waals surface area contributed by atoms with E-state index in [0.29, 0.717) is 76.3 Å². The van der Waals surface area contributed by atoms with E-state index in [9.17, 15) is 18.3 Å². The fourth-order valence-corrected chi connectivity index (χ4v) is 6.29. The minimum Gasteiger partial charge on any atom is -0.392 e. The number of piperazine rings is 1. The van der Waals surface area contributed by atoms with Gasteiger partial charge in [0.1, 0.15) is 11.3 Å². The molecule has 240 valence electrons. The van der Waals surface area contributed by atoms with Crippen LogP contribution in [0, 0.1) is 0 Å². The fourth-order valence-electron chi connectivity index (χ4n) is 5.73. The van der Waals surface area contributed by atoms with Crippen molar-refractivity contribution in [2.75, 3.05) is 34.3 Å². The van der Waals surface area contributed by atoms with Gasteiger partial charge in [0, 0.05) is 55.0 Å². The zero-order valence-corrected chi connectivity index (χ0v) is 27.0. The number of anilines is 3. The molecule has 1 saturated heterocycles. The molecule has 0 radical (unpaired) electrons. The van der Waals surface area contributed by atoms with Gasteiger partial charge in [-0.2, -0.15) is 13.2 Å². The van der Waals surface area contributed by atoms with Gasteiger partial charge in [-0.05, 0) is 66.1 Å². The Balaban J connectivity index is 1.37. The minimum atomic E-state index is -4.57. The number of aliphatic hydroxyl groups is 1. The van der Waals surface area contributed by atoms with Gasteiger partial charge in [-0.3, -0.25) is 0 Å². The lowest BCUT2D eigenvalue weighted by Gasteiger charge is -2.40. The lowest BCUT2D eigenvalue weighted by Crippen LogP contribution is -2.52. The molecule has 0 saturated carbocycles. The van der Waals surface area contributed by atoms with Crippen molar-refractivity contribution >= 4 is 63.3 Å². The largest absolute Gasteiger partial charge is 0.416 e. The predicted molar refractivity (Wildman–Crippen MR) is 178 cm³/mol. The van der Waals surface area contributed by atoms with E-state index >= 15 is 0 Å². The van der Waals surface area contributed by atoms with Gasteiger partial charge in [0.25, 0.3) is 0 Å². The molecule has 0 amide bonds. The third-order valence-corrected chi connectivity index (χ3v) is 8.84. The van der Waals surface area contributed by atoms with E-state index in [-0.39, 0.29) is 18.2 Å². The molecular weight excluding hydrogens is 660 g/mol. The summed E-state index contributed by atoms with van der Waals surface area (Å²) in [6.45, 7) is 4.14. The standard InChI is InChI=1S/C33H30Cl3F3N6O/c1-20-16-43(31-27(36)12-23(19-46)15-40-31)10-11-45(20)32-41-28-13-24(33(37,38)39)14-29(30(28)42-32)44(17-21-2-6-25(34)7-3-21)18-22-4-8-26(35)9-5-22/h2-9,12-15,20,46H,10-11,16-19H2,1H3,(H,41,42). The number of imidazole rings is 1. The molecule has 1 aliphatic rings. The second-order valence-corrected chi connectivity index (χ2v) is 12.6. The van der Waals surface area contributed by atoms with Crippen molar-refractivity contribution in [3.05, 3.63) is 110 Å². The number of rotatable bonds is 8. The van der Waals surface area contributed by atoms with Gasteiger partial charge in [0.05, 0.1) is 28.4 Å². The molecule has 0 bridgehead atoms. The van der Waals surface area contributed by atoms with Crippen molar-refractivity contribution in [2.24, 2.45) is 0 Å². The molecule has 2 aromatic heterocycles. The molecular formula is C33H30Cl3F3N6O. The number of pyridine rings is 1. The molecule has 13 heteroatoms. The van der Waals surface area contributed by atoms with Crippen LogP contribution in [0.1, 0.15) is 29.2 Å². The zero-order chi connectivity index (χ0) is 32.6. The van der Waals surface area contributed by atoms with E-state index in [1.807, 2.05) is 41.0 Å². The van der Waals surface area contributed by atoms with Gasteiger partial charge in [-0.25, -0.2) is 9.97 Å². The number of alkyl halides is 3. The molecule has 3 aromatic carbocycles. The van der Waals surface area contributed by atoms with Crippen molar-refractivity contribution in [2.45, 2.75) is 38.8 Å². The predicted octanol–water partition coefficient (Wildman–Crippen LogP) is 8.35. The quantitative estimate of drug-likeness (QED) is 0.171. The first-order chi connectivity index (χ1) is 22.0. The monoisotopic (exact) mass is 688 g/mol. The van der Waals surface area contributed by atoms with E-state index < -0.39 is 11.7 Å². The molecule has 1 unspecified atom stereocenters. The Kier molecular flexibility index (Phi) is 9.25.